The molecule has 144 valence electrons. The highest BCUT2D eigenvalue weighted by atomic mass is 32.1. The van der Waals surface area contributed by atoms with Crippen LogP contribution in [0.25, 0.3) is 0 Å². The van der Waals surface area contributed by atoms with Crippen molar-refractivity contribution in [3.05, 3.63) is 57.3 Å². The molecule has 3 aliphatic rings. The highest BCUT2D eigenvalue weighted by Gasteiger charge is 2.54. The Bertz CT molecular complexity index is 985. The van der Waals surface area contributed by atoms with E-state index in [1.165, 1.54) is 10.4 Å². The Balaban J connectivity index is 1.37. The molecule has 6 nitrogen and oxygen atoms in total. The number of carbonyl (C=O) groups excluding carboxylic acids is 3. The largest absolute Gasteiger partial charge is 0.336 e. The van der Waals surface area contributed by atoms with Gasteiger partial charge in [-0.1, -0.05) is 24.3 Å². The first kappa shape index (κ1) is 17.4. The number of hydrogen-bond donors (Lipinski definition) is 1. The first-order valence-electron chi connectivity index (χ1n) is 9.64. The second-order valence-electron chi connectivity index (χ2n) is 7.67. The van der Waals surface area contributed by atoms with E-state index in [4.69, 9.17) is 0 Å². The normalized spacial score (nSPS) is 23.6. The van der Waals surface area contributed by atoms with Gasteiger partial charge >= 0.3 is 6.03 Å². The van der Waals surface area contributed by atoms with Crippen LogP contribution in [0.1, 0.15) is 34.4 Å². The number of imide groups is 1. The van der Waals surface area contributed by atoms with E-state index in [1.807, 2.05) is 35.7 Å². The highest BCUT2D eigenvalue weighted by Crippen LogP contribution is 2.39. The molecule has 1 fully saturated rings. The van der Waals surface area contributed by atoms with Crippen molar-refractivity contribution < 1.29 is 14.4 Å². The molecule has 2 aliphatic heterocycles. The van der Waals surface area contributed by atoms with Crippen molar-refractivity contribution in [2.24, 2.45) is 0 Å². The van der Waals surface area contributed by atoms with Gasteiger partial charge in [-0.05, 0) is 53.8 Å². The molecule has 0 bridgehead atoms. The number of aryl methyl sites for hydroxylation is 1. The van der Waals surface area contributed by atoms with Crippen LogP contribution in [0.5, 0.6) is 0 Å². The molecule has 4 amide bonds. The lowest BCUT2D eigenvalue weighted by molar-refractivity contribution is -0.140. The van der Waals surface area contributed by atoms with E-state index >= 15 is 0 Å². The summed E-state index contributed by atoms with van der Waals surface area (Å²) in [5.74, 6) is -0.479. The molecule has 1 N–H and O–H groups in total. The maximum absolute atomic E-state index is 13.3. The lowest BCUT2D eigenvalue weighted by Gasteiger charge is -2.33. The fourth-order valence-electron chi connectivity index (χ4n) is 4.65. The molecular formula is C21H21N3O3S. The van der Waals surface area contributed by atoms with Gasteiger partial charge in [0.2, 0.25) is 5.91 Å². The minimum absolute atomic E-state index is 0.179. The molecule has 1 saturated heterocycles. The van der Waals surface area contributed by atoms with Gasteiger partial charge in [0.15, 0.2) is 0 Å². The Hall–Kier alpha value is -2.67. The second kappa shape index (κ2) is 6.44. The van der Waals surface area contributed by atoms with E-state index < -0.39 is 11.6 Å². The van der Waals surface area contributed by atoms with E-state index in [0.717, 1.165) is 35.3 Å². The Morgan fingerprint density at radius 3 is 2.89 bits per heavy atom. The predicted molar refractivity (Wildman–Crippen MR) is 105 cm³/mol. The number of nitrogens with one attached hydrogen (secondary N) is 1. The minimum atomic E-state index is -1.02. The van der Waals surface area contributed by atoms with E-state index in [1.54, 1.807) is 16.2 Å². The van der Waals surface area contributed by atoms with Crippen LogP contribution < -0.4 is 5.32 Å². The molecule has 7 heteroatoms. The zero-order valence-corrected chi connectivity index (χ0v) is 16.3. The van der Waals surface area contributed by atoms with Crippen molar-refractivity contribution in [3.8, 4) is 0 Å². The molecule has 2 aromatic rings. The van der Waals surface area contributed by atoms with Gasteiger partial charge in [-0.25, -0.2) is 4.79 Å². The van der Waals surface area contributed by atoms with Crippen LogP contribution in [0.15, 0.2) is 35.7 Å². The number of hydrogen-bond acceptors (Lipinski definition) is 4. The molecule has 1 atom stereocenters. The topological polar surface area (TPSA) is 69.7 Å². The van der Waals surface area contributed by atoms with Gasteiger partial charge in [-0.3, -0.25) is 14.5 Å². The third-order valence-electron chi connectivity index (χ3n) is 6.10. The Morgan fingerprint density at radius 2 is 2.00 bits per heavy atom. The average molecular weight is 395 g/mol. The zero-order chi connectivity index (χ0) is 19.3. The number of thiophene rings is 1. The van der Waals surface area contributed by atoms with Crippen LogP contribution in [0, 0.1) is 0 Å². The molecule has 0 unspecified atom stereocenters. The molecule has 1 aromatic heterocycles. The van der Waals surface area contributed by atoms with Crippen LogP contribution in [-0.2, 0) is 34.5 Å². The Kier molecular flexibility index (Phi) is 4.01. The summed E-state index contributed by atoms with van der Waals surface area (Å²) in [5.41, 5.74) is 2.11. The Labute approximate surface area is 167 Å². The fourth-order valence-corrected chi connectivity index (χ4v) is 5.54. The third kappa shape index (κ3) is 2.57. The maximum Gasteiger partial charge on any atom is 0.325 e. The summed E-state index contributed by atoms with van der Waals surface area (Å²) in [6.45, 7) is 0.979. The number of amides is 4. The highest BCUT2D eigenvalue weighted by molar-refractivity contribution is 7.10. The lowest BCUT2D eigenvalue weighted by atomic mass is 9.76. The molecule has 1 spiro atoms. The quantitative estimate of drug-likeness (QED) is 0.794. The first-order valence-corrected chi connectivity index (χ1v) is 10.5. The van der Waals surface area contributed by atoms with Crippen molar-refractivity contribution in [1.29, 1.82) is 0 Å². The van der Waals surface area contributed by atoms with Crippen molar-refractivity contribution in [3.63, 3.8) is 0 Å². The molecule has 5 rings (SSSR count). The number of urea groups is 1. The summed E-state index contributed by atoms with van der Waals surface area (Å²) in [6.07, 6.45) is 3.13. The van der Waals surface area contributed by atoms with Crippen LogP contribution in [0.2, 0.25) is 0 Å². The number of nitrogens with zero attached hydrogens (tertiary/aromatic N) is 2. The monoisotopic (exact) mass is 395 g/mol. The lowest BCUT2D eigenvalue weighted by Crippen LogP contribution is -2.48. The summed E-state index contributed by atoms with van der Waals surface area (Å²) >= 11 is 1.71. The summed E-state index contributed by atoms with van der Waals surface area (Å²) in [4.78, 5) is 43.0. The zero-order valence-electron chi connectivity index (χ0n) is 15.4. The second-order valence-corrected chi connectivity index (χ2v) is 8.67. The van der Waals surface area contributed by atoms with Crippen LogP contribution in [0.3, 0.4) is 0 Å². The summed E-state index contributed by atoms with van der Waals surface area (Å²) in [6, 6.07) is 9.35. The first-order chi connectivity index (χ1) is 13.6. The molecule has 1 aliphatic carbocycles. The third-order valence-corrected chi connectivity index (χ3v) is 7.13. The summed E-state index contributed by atoms with van der Waals surface area (Å²) in [5, 5.41) is 4.96. The van der Waals surface area contributed by atoms with Gasteiger partial charge in [0.1, 0.15) is 12.1 Å². The molecule has 0 radical (unpaired) electrons. The van der Waals surface area contributed by atoms with Gasteiger partial charge in [-0.15, -0.1) is 11.3 Å². The van der Waals surface area contributed by atoms with Crippen LogP contribution >= 0.6 is 11.3 Å². The Morgan fingerprint density at radius 1 is 1.14 bits per heavy atom. The van der Waals surface area contributed by atoms with Gasteiger partial charge < -0.3 is 10.2 Å². The number of benzene rings is 1. The molecule has 1 aromatic carbocycles. The van der Waals surface area contributed by atoms with Crippen molar-refractivity contribution in [2.45, 2.75) is 37.8 Å². The van der Waals surface area contributed by atoms with E-state index in [-0.39, 0.29) is 18.4 Å². The SMILES string of the molecule is O=C(CN1C(=O)N[C@@]2(CCCc3ccccc32)C1=O)N1CCc2sccc2C1. The minimum Gasteiger partial charge on any atom is -0.336 e. The average Bonchev–Trinajstić information content (AvgIpc) is 3.27. The van der Waals surface area contributed by atoms with Gasteiger partial charge in [0.25, 0.3) is 5.91 Å². The number of fused-ring (bicyclic) bond motifs is 3. The van der Waals surface area contributed by atoms with Crippen LogP contribution in [-0.4, -0.2) is 40.7 Å². The fraction of sp³-hybridized carbons (Fsp3) is 0.381. The maximum atomic E-state index is 13.3. The molecule has 28 heavy (non-hydrogen) atoms. The van der Waals surface area contributed by atoms with Crippen molar-refractivity contribution in [2.75, 3.05) is 13.1 Å². The number of rotatable bonds is 2. The van der Waals surface area contributed by atoms with E-state index in [0.29, 0.717) is 19.5 Å². The van der Waals surface area contributed by atoms with Gasteiger partial charge in [0.05, 0.1) is 0 Å². The predicted octanol–water partition coefficient (Wildman–Crippen LogP) is 2.42. The van der Waals surface area contributed by atoms with Crippen LogP contribution in [0.4, 0.5) is 4.79 Å². The summed E-state index contributed by atoms with van der Waals surface area (Å²) < 4.78 is 0. The standard InChI is InChI=1S/C21H21N3O3S/c25-18(23-10-7-17-15(12-23)8-11-28-17)13-24-19(26)21(22-20(24)27)9-3-5-14-4-1-2-6-16(14)21/h1-2,4,6,8,11H,3,5,7,9-10,12-13H2,(H,22,27)/t21-/m1/s1. The van der Waals surface area contributed by atoms with E-state index in [2.05, 4.69) is 5.32 Å². The van der Waals surface area contributed by atoms with Crippen molar-refractivity contribution in [1.82, 2.24) is 15.1 Å². The van der Waals surface area contributed by atoms with Gasteiger partial charge in [-0.2, -0.15) is 0 Å². The van der Waals surface area contributed by atoms with Crippen molar-refractivity contribution >= 4 is 29.2 Å². The molecular weight excluding hydrogens is 374 g/mol. The number of carbonyl (C=O) groups is 3. The van der Waals surface area contributed by atoms with E-state index in [9.17, 15) is 14.4 Å². The van der Waals surface area contributed by atoms with Gasteiger partial charge in [0, 0.05) is 18.0 Å². The molecule has 0 saturated carbocycles. The summed E-state index contributed by atoms with van der Waals surface area (Å²) in [7, 11) is 0. The molecule has 3 heterocycles. The smallest absolute Gasteiger partial charge is 0.325 e.